The quantitative estimate of drug-likeness (QED) is 0.569. The molecule has 3 rings (SSSR count). The lowest BCUT2D eigenvalue weighted by Crippen LogP contribution is -2.25. The topological polar surface area (TPSA) is 73.9 Å². The lowest BCUT2D eigenvalue weighted by molar-refractivity contribution is 0.0940. The van der Waals surface area contributed by atoms with E-state index in [-0.39, 0.29) is 18.2 Å². The second kappa shape index (κ2) is 9.25. The van der Waals surface area contributed by atoms with E-state index in [1.165, 1.54) is 11.3 Å². The third-order valence-corrected chi connectivity index (χ3v) is 5.26. The van der Waals surface area contributed by atoms with E-state index in [1.54, 1.807) is 63.8 Å². The van der Waals surface area contributed by atoms with E-state index in [0.29, 0.717) is 33.3 Å². The van der Waals surface area contributed by atoms with E-state index < -0.39 is 0 Å². The Morgan fingerprint density at radius 1 is 0.862 bits per heavy atom. The van der Waals surface area contributed by atoms with Crippen LogP contribution in [0.1, 0.15) is 31.2 Å². The van der Waals surface area contributed by atoms with Crippen molar-refractivity contribution in [3.63, 3.8) is 0 Å². The molecule has 1 N–H and O–H groups in total. The molecule has 2 aromatic carbocycles. The molecule has 6 nitrogen and oxygen atoms in total. The molecule has 1 amide bonds. The van der Waals surface area contributed by atoms with E-state index in [0.717, 1.165) is 5.56 Å². The molecule has 0 aliphatic rings. The van der Waals surface area contributed by atoms with Gasteiger partial charge in [0, 0.05) is 23.7 Å². The fourth-order valence-corrected chi connectivity index (χ4v) is 3.60. The van der Waals surface area contributed by atoms with Crippen molar-refractivity contribution in [1.29, 1.82) is 0 Å². The molecule has 150 valence electrons. The number of carbonyl (C=O) groups is 2. The number of ether oxygens (including phenoxy) is 3. The number of ketones is 1. The van der Waals surface area contributed by atoms with Gasteiger partial charge in [-0.3, -0.25) is 9.59 Å². The van der Waals surface area contributed by atoms with Gasteiger partial charge in [0.2, 0.25) is 5.78 Å². The summed E-state index contributed by atoms with van der Waals surface area (Å²) in [7, 11) is 4.63. The maximum Gasteiger partial charge on any atom is 0.252 e. The van der Waals surface area contributed by atoms with Crippen LogP contribution in [0.5, 0.6) is 17.2 Å². The van der Waals surface area contributed by atoms with Gasteiger partial charge in [-0.05, 0) is 23.6 Å². The van der Waals surface area contributed by atoms with Crippen LogP contribution < -0.4 is 19.5 Å². The fourth-order valence-electron chi connectivity index (χ4n) is 2.92. The molecule has 0 spiro atoms. The maximum absolute atomic E-state index is 12.8. The third-order valence-electron chi connectivity index (χ3n) is 4.39. The van der Waals surface area contributed by atoms with Crippen LogP contribution in [0.2, 0.25) is 0 Å². The Labute approximate surface area is 173 Å². The van der Waals surface area contributed by atoms with Crippen LogP contribution in [0.4, 0.5) is 0 Å². The smallest absolute Gasteiger partial charge is 0.252 e. The van der Waals surface area contributed by atoms with Crippen molar-refractivity contribution in [2.24, 2.45) is 0 Å². The number of hydrogen-bond acceptors (Lipinski definition) is 6. The molecule has 0 saturated carbocycles. The summed E-state index contributed by atoms with van der Waals surface area (Å²) in [6.45, 7) is 0.198. The number of thiophene rings is 1. The van der Waals surface area contributed by atoms with Gasteiger partial charge in [-0.15, -0.1) is 11.3 Å². The Balaban J connectivity index is 1.83. The summed E-state index contributed by atoms with van der Waals surface area (Å²) >= 11 is 1.35. The SMILES string of the molecule is COc1cc(OC)c(OC)cc1CNC(=O)c1ccccc1C(=O)c1cccs1. The van der Waals surface area contributed by atoms with Gasteiger partial charge < -0.3 is 19.5 Å². The van der Waals surface area contributed by atoms with E-state index in [1.807, 2.05) is 11.4 Å². The summed E-state index contributed by atoms with van der Waals surface area (Å²) in [6.07, 6.45) is 0. The molecule has 3 aromatic rings. The monoisotopic (exact) mass is 411 g/mol. The zero-order valence-electron chi connectivity index (χ0n) is 16.4. The molecule has 0 fully saturated rings. The van der Waals surface area contributed by atoms with Crippen molar-refractivity contribution in [2.45, 2.75) is 6.54 Å². The molecule has 0 radical (unpaired) electrons. The number of carbonyl (C=O) groups excluding carboxylic acids is 2. The molecule has 1 aromatic heterocycles. The number of methoxy groups -OCH3 is 3. The molecule has 7 heteroatoms. The zero-order chi connectivity index (χ0) is 20.8. The number of amides is 1. The molecule has 0 bridgehead atoms. The zero-order valence-corrected chi connectivity index (χ0v) is 17.2. The Kier molecular flexibility index (Phi) is 6.51. The Morgan fingerprint density at radius 3 is 2.14 bits per heavy atom. The van der Waals surface area contributed by atoms with Crippen LogP contribution in [0.3, 0.4) is 0 Å². The average molecular weight is 411 g/mol. The van der Waals surface area contributed by atoms with Gasteiger partial charge >= 0.3 is 0 Å². The van der Waals surface area contributed by atoms with Crippen molar-refractivity contribution in [1.82, 2.24) is 5.32 Å². The van der Waals surface area contributed by atoms with Gasteiger partial charge in [0.05, 0.1) is 31.8 Å². The second-order valence-electron chi connectivity index (χ2n) is 6.05. The van der Waals surface area contributed by atoms with Gasteiger partial charge in [0.1, 0.15) is 5.75 Å². The van der Waals surface area contributed by atoms with Crippen molar-refractivity contribution >= 4 is 23.0 Å². The van der Waals surface area contributed by atoms with Crippen molar-refractivity contribution in [3.05, 3.63) is 75.5 Å². The molecular formula is C22H21NO5S. The first kappa shape index (κ1) is 20.4. The Hall–Kier alpha value is -3.32. The Bertz CT molecular complexity index is 1010. The Morgan fingerprint density at radius 2 is 1.52 bits per heavy atom. The van der Waals surface area contributed by atoms with E-state index >= 15 is 0 Å². The molecule has 0 unspecified atom stereocenters. The van der Waals surface area contributed by atoms with Gasteiger partial charge in [-0.1, -0.05) is 24.3 Å². The van der Waals surface area contributed by atoms with E-state index in [4.69, 9.17) is 14.2 Å². The van der Waals surface area contributed by atoms with Crippen LogP contribution in [-0.4, -0.2) is 33.0 Å². The normalized spacial score (nSPS) is 10.3. The standard InChI is InChI=1S/C22H21NO5S/c1-26-17-12-19(28-3)18(27-2)11-14(17)13-23-22(25)16-8-5-4-7-15(16)21(24)20-9-6-10-29-20/h4-12H,13H2,1-3H3,(H,23,25). The summed E-state index contributed by atoms with van der Waals surface area (Å²) in [4.78, 5) is 26.2. The highest BCUT2D eigenvalue weighted by Gasteiger charge is 2.19. The highest BCUT2D eigenvalue weighted by atomic mass is 32.1. The average Bonchev–Trinajstić information content (AvgIpc) is 3.31. The molecule has 0 aliphatic carbocycles. The number of hydrogen-bond donors (Lipinski definition) is 1. The van der Waals surface area contributed by atoms with E-state index in [2.05, 4.69) is 5.32 Å². The fraction of sp³-hybridized carbons (Fsp3) is 0.182. The summed E-state index contributed by atoms with van der Waals surface area (Å²) in [5, 5.41) is 4.69. The van der Waals surface area contributed by atoms with Crippen LogP contribution in [0.25, 0.3) is 0 Å². The highest BCUT2D eigenvalue weighted by Crippen LogP contribution is 2.34. The van der Waals surface area contributed by atoms with Gasteiger partial charge in [0.25, 0.3) is 5.91 Å². The highest BCUT2D eigenvalue weighted by molar-refractivity contribution is 7.12. The third kappa shape index (κ3) is 4.41. The minimum Gasteiger partial charge on any atom is -0.496 e. The first-order valence-corrected chi connectivity index (χ1v) is 9.71. The van der Waals surface area contributed by atoms with Crippen molar-refractivity contribution in [2.75, 3.05) is 21.3 Å². The summed E-state index contributed by atoms with van der Waals surface area (Å²) in [6, 6.07) is 13.8. The molecular weight excluding hydrogens is 390 g/mol. The largest absolute Gasteiger partial charge is 0.496 e. The number of nitrogens with one attached hydrogen (secondary N) is 1. The molecule has 29 heavy (non-hydrogen) atoms. The summed E-state index contributed by atoms with van der Waals surface area (Å²) in [5.41, 5.74) is 1.41. The number of benzene rings is 2. The van der Waals surface area contributed by atoms with Crippen LogP contribution >= 0.6 is 11.3 Å². The van der Waals surface area contributed by atoms with Crippen LogP contribution in [-0.2, 0) is 6.54 Å². The summed E-state index contributed by atoms with van der Waals surface area (Å²) < 4.78 is 16.0. The van der Waals surface area contributed by atoms with Crippen LogP contribution in [0.15, 0.2) is 53.9 Å². The molecule has 1 heterocycles. The predicted molar refractivity (Wildman–Crippen MR) is 111 cm³/mol. The first-order valence-electron chi connectivity index (χ1n) is 8.83. The molecule has 0 saturated heterocycles. The lowest BCUT2D eigenvalue weighted by atomic mass is 10.0. The first-order chi connectivity index (χ1) is 14.1. The lowest BCUT2D eigenvalue weighted by Gasteiger charge is -2.15. The van der Waals surface area contributed by atoms with Gasteiger partial charge in [-0.25, -0.2) is 0 Å². The molecule has 0 aliphatic heterocycles. The molecule has 0 atom stereocenters. The maximum atomic E-state index is 12.8. The predicted octanol–water partition coefficient (Wildman–Crippen LogP) is 3.93. The van der Waals surface area contributed by atoms with Gasteiger partial charge in [0.15, 0.2) is 11.5 Å². The van der Waals surface area contributed by atoms with E-state index in [9.17, 15) is 9.59 Å². The van der Waals surface area contributed by atoms with Crippen LogP contribution in [0, 0.1) is 0 Å². The van der Waals surface area contributed by atoms with Crippen molar-refractivity contribution < 1.29 is 23.8 Å². The minimum absolute atomic E-state index is 0.172. The number of rotatable bonds is 8. The van der Waals surface area contributed by atoms with Crippen molar-refractivity contribution in [3.8, 4) is 17.2 Å². The van der Waals surface area contributed by atoms with Gasteiger partial charge in [-0.2, -0.15) is 0 Å². The second-order valence-corrected chi connectivity index (χ2v) is 7.00. The minimum atomic E-state index is -0.345. The summed E-state index contributed by atoms with van der Waals surface area (Å²) in [5.74, 6) is 1.11.